The van der Waals surface area contributed by atoms with Crippen LogP contribution in [-0.4, -0.2) is 40.7 Å². The van der Waals surface area contributed by atoms with Crippen LogP contribution in [0.1, 0.15) is 78.5 Å². The Morgan fingerprint density at radius 3 is 2.28 bits per heavy atom. The van der Waals surface area contributed by atoms with Crippen LogP contribution in [0, 0.1) is 19.8 Å². The van der Waals surface area contributed by atoms with Gasteiger partial charge in [0.15, 0.2) is 0 Å². The van der Waals surface area contributed by atoms with Crippen molar-refractivity contribution in [3.63, 3.8) is 0 Å². The fourth-order valence-electron chi connectivity index (χ4n) is 5.08. The SMILES string of the molecule is CCOc1cc(C)c(Cc2cc(C(C)CC(O)C(C)C(O)CO)cc3c2CCC3)c(C)c1. The number of hydrogen-bond donors (Lipinski definition) is 3. The van der Waals surface area contributed by atoms with Gasteiger partial charge in [0, 0.05) is 5.92 Å². The Morgan fingerprint density at radius 1 is 0.969 bits per heavy atom. The van der Waals surface area contributed by atoms with Gasteiger partial charge in [-0.25, -0.2) is 0 Å². The number of benzene rings is 2. The summed E-state index contributed by atoms with van der Waals surface area (Å²) in [5.74, 6) is 0.753. The van der Waals surface area contributed by atoms with Crippen molar-refractivity contribution in [2.24, 2.45) is 5.92 Å². The van der Waals surface area contributed by atoms with Crippen molar-refractivity contribution in [2.45, 2.75) is 84.8 Å². The minimum atomic E-state index is -0.890. The van der Waals surface area contributed by atoms with Crippen molar-refractivity contribution in [2.75, 3.05) is 13.2 Å². The molecule has 2 aromatic carbocycles. The van der Waals surface area contributed by atoms with E-state index in [0.29, 0.717) is 13.0 Å². The molecule has 0 saturated carbocycles. The highest BCUT2D eigenvalue weighted by Crippen LogP contribution is 2.34. The summed E-state index contributed by atoms with van der Waals surface area (Å²) < 4.78 is 5.72. The minimum absolute atomic E-state index is 0.172. The largest absolute Gasteiger partial charge is 0.494 e. The molecule has 32 heavy (non-hydrogen) atoms. The first kappa shape index (κ1) is 24.8. The number of hydrogen-bond acceptors (Lipinski definition) is 4. The molecule has 0 saturated heterocycles. The van der Waals surface area contributed by atoms with E-state index in [9.17, 15) is 15.3 Å². The monoisotopic (exact) mass is 440 g/mol. The first-order valence-electron chi connectivity index (χ1n) is 12.1. The van der Waals surface area contributed by atoms with Gasteiger partial charge in [0.1, 0.15) is 5.75 Å². The van der Waals surface area contributed by atoms with E-state index in [2.05, 4.69) is 45.0 Å². The maximum absolute atomic E-state index is 10.6. The molecule has 4 heteroatoms. The third-order valence-corrected chi connectivity index (χ3v) is 7.24. The van der Waals surface area contributed by atoms with Crippen LogP contribution in [0.4, 0.5) is 0 Å². The van der Waals surface area contributed by atoms with Gasteiger partial charge in [-0.2, -0.15) is 0 Å². The van der Waals surface area contributed by atoms with Gasteiger partial charge in [-0.1, -0.05) is 26.0 Å². The molecule has 0 spiro atoms. The van der Waals surface area contributed by atoms with Crippen molar-refractivity contribution < 1.29 is 20.1 Å². The van der Waals surface area contributed by atoms with Gasteiger partial charge in [0.2, 0.25) is 0 Å². The maximum atomic E-state index is 10.6. The van der Waals surface area contributed by atoms with Crippen LogP contribution in [0.15, 0.2) is 24.3 Å². The van der Waals surface area contributed by atoms with Crippen molar-refractivity contribution in [3.05, 3.63) is 63.2 Å². The molecule has 0 amide bonds. The lowest BCUT2D eigenvalue weighted by molar-refractivity contribution is -0.0126. The first-order chi connectivity index (χ1) is 15.2. The number of fused-ring (bicyclic) bond motifs is 1. The Balaban J connectivity index is 1.87. The molecule has 0 bridgehead atoms. The summed E-state index contributed by atoms with van der Waals surface area (Å²) in [7, 11) is 0. The fourth-order valence-corrected chi connectivity index (χ4v) is 5.08. The fraction of sp³-hybridized carbons (Fsp3) is 0.571. The molecule has 1 aliphatic carbocycles. The van der Waals surface area contributed by atoms with Crippen LogP contribution in [-0.2, 0) is 19.3 Å². The highest BCUT2D eigenvalue weighted by atomic mass is 16.5. The van der Waals surface area contributed by atoms with Crippen LogP contribution in [0.2, 0.25) is 0 Å². The Labute approximate surface area is 193 Å². The molecule has 0 radical (unpaired) electrons. The van der Waals surface area contributed by atoms with Crippen molar-refractivity contribution in [1.82, 2.24) is 0 Å². The molecule has 0 aliphatic heterocycles. The quantitative estimate of drug-likeness (QED) is 0.504. The van der Waals surface area contributed by atoms with Gasteiger partial charge in [0.25, 0.3) is 0 Å². The van der Waals surface area contributed by atoms with Crippen molar-refractivity contribution in [1.29, 1.82) is 0 Å². The minimum Gasteiger partial charge on any atom is -0.494 e. The second kappa shape index (κ2) is 10.8. The summed E-state index contributed by atoms with van der Waals surface area (Å²) in [5.41, 5.74) is 9.50. The molecular weight excluding hydrogens is 400 g/mol. The lowest BCUT2D eigenvalue weighted by atomic mass is 9.84. The van der Waals surface area contributed by atoms with E-state index in [0.717, 1.165) is 25.0 Å². The molecule has 0 aromatic heterocycles. The Hall–Kier alpha value is -1.88. The zero-order chi connectivity index (χ0) is 23.4. The number of rotatable bonds is 10. The van der Waals surface area contributed by atoms with E-state index < -0.39 is 12.2 Å². The van der Waals surface area contributed by atoms with Gasteiger partial charge < -0.3 is 20.1 Å². The second-order valence-electron chi connectivity index (χ2n) is 9.63. The zero-order valence-electron chi connectivity index (χ0n) is 20.3. The zero-order valence-corrected chi connectivity index (χ0v) is 20.3. The third-order valence-electron chi connectivity index (χ3n) is 7.24. The summed E-state index contributed by atoms with van der Waals surface area (Å²) in [6.45, 7) is 10.6. The standard InChI is InChI=1S/C28H40O4/c1-6-32-24-10-18(3)26(19(4)11-24)15-23-14-22(13-21-8-7-9-25(21)23)17(2)12-27(30)20(5)28(31)16-29/h10-11,13-14,17,20,27-31H,6-9,12,15-16H2,1-5H3. The van der Waals surface area contributed by atoms with Crippen LogP contribution >= 0.6 is 0 Å². The highest BCUT2D eigenvalue weighted by molar-refractivity contribution is 5.49. The van der Waals surface area contributed by atoms with Crippen LogP contribution < -0.4 is 4.74 Å². The summed E-state index contributed by atoms with van der Waals surface area (Å²) in [4.78, 5) is 0. The Bertz CT molecular complexity index is 897. The second-order valence-corrected chi connectivity index (χ2v) is 9.63. The lowest BCUT2D eigenvalue weighted by Crippen LogP contribution is -2.32. The van der Waals surface area contributed by atoms with E-state index in [1.165, 1.54) is 45.4 Å². The molecule has 0 fully saturated rings. The van der Waals surface area contributed by atoms with Crippen LogP contribution in [0.25, 0.3) is 0 Å². The van der Waals surface area contributed by atoms with E-state index in [1.54, 1.807) is 6.92 Å². The van der Waals surface area contributed by atoms with Crippen LogP contribution in [0.3, 0.4) is 0 Å². The summed E-state index contributed by atoms with van der Waals surface area (Å²) in [6.07, 6.45) is 3.39. The first-order valence-corrected chi connectivity index (χ1v) is 12.1. The lowest BCUT2D eigenvalue weighted by Gasteiger charge is -2.26. The molecule has 4 unspecified atom stereocenters. The van der Waals surface area contributed by atoms with Gasteiger partial charge in [-0.05, 0) is 110 Å². The number of ether oxygens (including phenoxy) is 1. The molecule has 0 heterocycles. The van der Waals surface area contributed by atoms with E-state index in [1.807, 2.05) is 6.92 Å². The molecule has 3 N–H and O–H groups in total. The van der Waals surface area contributed by atoms with E-state index in [4.69, 9.17) is 4.74 Å². The van der Waals surface area contributed by atoms with Gasteiger partial charge >= 0.3 is 0 Å². The van der Waals surface area contributed by atoms with Gasteiger partial charge in [-0.3, -0.25) is 0 Å². The van der Waals surface area contributed by atoms with Crippen molar-refractivity contribution in [3.8, 4) is 5.75 Å². The van der Waals surface area contributed by atoms with E-state index in [-0.39, 0.29) is 18.4 Å². The smallest absolute Gasteiger partial charge is 0.119 e. The molecular formula is C28H40O4. The summed E-state index contributed by atoms with van der Waals surface area (Å²) >= 11 is 0. The molecule has 4 nitrogen and oxygen atoms in total. The van der Waals surface area contributed by atoms with E-state index >= 15 is 0 Å². The highest BCUT2D eigenvalue weighted by Gasteiger charge is 2.25. The van der Waals surface area contributed by atoms with Crippen molar-refractivity contribution >= 4 is 0 Å². The van der Waals surface area contributed by atoms with Gasteiger partial charge in [0.05, 0.1) is 25.4 Å². The molecule has 2 aromatic rings. The summed E-state index contributed by atoms with van der Waals surface area (Å²) in [5, 5.41) is 29.7. The Morgan fingerprint density at radius 2 is 1.66 bits per heavy atom. The topological polar surface area (TPSA) is 69.9 Å². The summed E-state index contributed by atoms with van der Waals surface area (Å²) in [6, 6.07) is 8.95. The number of aliphatic hydroxyl groups is 3. The van der Waals surface area contributed by atoms with Crippen LogP contribution in [0.5, 0.6) is 5.75 Å². The predicted octanol–water partition coefficient (Wildman–Crippen LogP) is 4.63. The molecule has 4 atom stereocenters. The molecule has 3 rings (SSSR count). The average molecular weight is 441 g/mol. The maximum Gasteiger partial charge on any atom is 0.119 e. The predicted molar refractivity (Wildman–Crippen MR) is 130 cm³/mol. The molecule has 1 aliphatic rings. The normalized spacial score (nSPS) is 17.0. The molecule has 176 valence electrons. The number of aryl methyl sites for hydroxylation is 3. The average Bonchev–Trinajstić information content (AvgIpc) is 3.24. The Kier molecular flexibility index (Phi) is 8.37. The third kappa shape index (κ3) is 5.54. The van der Waals surface area contributed by atoms with Gasteiger partial charge in [-0.15, -0.1) is 0 Å². The number of aliphatic hydroxyl groups excluding tert-OH is 3.